The highest BCUT2D eigenvalue weighted by molar-refractivity contribution is 5.38. The molecule has 0 heterocycles. The zero-order chi connectivity index (χ0) is 13.3. The van der Waals surface area contributed by atoms with Gasteiger partial charge in [0.25, 0.3) is 0 Å². The van der Waals surface area contributed by atoms with Crippen molar-refractivity contribution in [2.45, 2.75) is 26.8 Å². The number of nitrogens with two attached hydrogens (primary N) is 1. The Kier molecular flexibility index (Phi) is 3.48. The van der Waals surface area contributed by atoms with E-state index in [2.05, 4.69) is 6.07 Å². The molecule has 2 rings (SSSR count). The predicted molar refractivity (Wildman–Crippen MR) is 73.1 cm³/mol. The van der Waals surface area contributed by atoms with Crippen LogP contribution in [0.25, 0.3) is 0 Å². The maximum absolute atomic E-state index is 14.1. The Hall–Kier alpha value is -1.67. The smallest absolute Gasteiger partial charge is 0.131 e. The SMILES string of the molecule is Cc1cc(C)cc(C(N)c2cccc(C)c2F)c1. The first kappa shape index (κ1) is 12.8. The zero-order valence-corrected chi connectivity index (χ0v) is 11.0. The van der Waals surface area contributed by atoms with Crippen LogP contribution in [0.5, 0.6) is 0 Å². The van der Waals surface area contributed by atoms with E-state index in [1.165, 1.54) is 0 Å². The van der Waals surface area contributed by atoms with Gasteiger partial charge in [-0.05, 0) is 31.9 Å². The molecule has 0 saturated carbocycles. The summed E-state index contributed by atoms with van der Waals surface area (Å²) in [5.74, 6) is -0.204. The van der Waals surface area contributed by atoms with Crippen LogP contribution in [0.1, 0.15) is 33.9 Å². The monoisotopic (exact) mass is 243 g/mol. The van der Waals surface area contributed by atoms with Gasteiger partial charge >= 0.3 is 0 Å². The van der Waals surface area contributed by atoms with Crippen LogP contribution in [-0.2, 0) is 0 Å². The van der Waals surface area contributed by atoms with Crippen molar-refractivity contribution in [3.63, 3.8) is 0 Å². The van der Waals surface area contributed by atoms with Crippen LogP contribution < -0.4 is 5.73 Å². The topological polar surface area (TPSA) is 26.0 Å². The van der Waals surface area contributed by atoms with E-state index in [-0.39, 0.29) is 5.82 Å². The molecule has 2 aromatic rings. The lowest BCUT2D eigenvalue weighted by Crippen LogP contribution is -2.14. The Balaban J connectivity index is 2.47. The van der Waals surface area contributed by atoms with E-state index in [1.807, 2.05) is 32.0 Å². The molecular formula is C16H18FN. The van der Waals surface area contributed by atoms with Gasteiger partial charge in [0.05, 0.1) is 6.04 Å². The number of hydrogen-bond donors (Lipinski definition) is 1. The lowest BCUT2D eigenvalue weighted by molar-refractivity contribution is 0.591. The molecule has 1 atom stereocenters. The Bertz CT molecular complexity index is 555. The number of hydrogen-bond acceptors (Lipinski definition) is 1. The fourth-order valence-electron chi connectivity index (χ4n) is 2.28. The Labute approximate surface area is 107 Å². The van der Waals surface area contributed by atoms with Crippen LogP contribution in [0.2, 0.25) is 0 Å². The van der Waals surface area contributed by atoms with Gasteiger partial charge in [-0.3, -0.25) is 0 Å². The Morgan fingerprint density at radius 3 is 2.22 bits per heavy atom. The third-order valence-electron chi connectivity index (χ3n) is 3.16. The normalized spacial score (nSPS) is 12.5. The number of aryl methyl sites for hydroxylation is 3. The van der Waals surface area contributed by atoms with Crippen molar-refractivity contribution in [3.8, 4) is 0 Å². The first-order chi connectivity index (χ1) is 8.49. The van der Waals surface area contributed by atoms with Crippen LogP contribution in [0, 0.1) is 26.6 Å². The van der Waals surface area contributed by atoms with Gasteiger partial charge < -0.3 is 5.73 Å². The average molecular weight is 243 g/mol. The Morgan fingerprint density at radius 1 is 1.00 bits per heavy atom. The second kappa shape index (κ2) is 4.91. The fraction of sp³-hybridized carbons (Fsp3) is 0.250. The van der Waals surface area contributed by atoms with Crippen molar-refractivity contribution in [3.05, 3.63) is 70.0 Å². The average Bonchev–Trinajstić information content (AvgIpc) is 2.30. The summed E-state index contributed by atoms with van der Waals surface area (Å²) < 4.78 is 14.1. The summed E-state index contributed by atoms with van der Waals surface area (Å²) >= 11 is 0. The van der Waals surface area contributed by atoms with E-state index in [0.717, 1.165) is 16.7 Å². The molecule has 0 saturated heterocycles. The molecule has 0 radical (unpaired) electrons. The van der Waals surface area contributed by atoms with E-state index in [0.29, 0.717) is 11.1 Å². The van der Waals surface area contributed by atoms with E-state index >= 15 is 0 Å². The third kappa shape index (κ3) is 2.44. The summed E-state index contributed by atoms with van der Waals surface area (Å²) in [4.78, 5) is 0. The first-order valence-electron chi connectivity index (χ1n) is 6.08. The molecule has 1 nitrogen and oxygen atoms in total. The van der Waals surface area contributed by atoms with Crippen molar-refractivity contribution in [1.82, 2.24) is 0 Å². The van der Waals surface area contributed by atoms with E-state index in [4.69, 9.17) is 5.73 Å². The number of rotatable bonds is 2. The van der Waals surface area contributed by atoms with Gasteiger partial charge in [0.1, 0.15) is 5.82 Å². The second-order valence-corrected chi connectivity index (χ2v) is 4.88. The molecule has 0 aliphatic carbocycles. The van der Waals surface area contributed by atoms with Crippen molar-refractivity contribution >= 4 is 0 Å². The summed E-state index contributed by atoms with van der Waals surface area (Å²) in [6.07, 6.45) is 0. The summed E-state index contributed by atoms with van der Waals surface area (Å²) in [7, 11) is 0. The largest absolute Gasteiger partial charge is 0.320 e. The lowest BCUT2D eigenvalue weighted by Gasteiger charge is -2.16. The maximum atomic E-state index is 14.1. The number of halogens is 1. The molecule has 0 amide bonds. The minimum Gasteiger partial charge on any atom is -0.320 e. The molecule has 18 heavy (non-hydrogen) atoms. The van der Waals surface area contributed by atoms with Crippen LogP contribution in [-0.4, -0.2) is 0 Å². The highest BCUT2D eigenvalue weighted by atomic mass is 19.1. The van der Waals surface area contributed by atoms with E-state index < -0.39 is 6.04 Å². The van der Waals surface area contributed by atoms with Crippen LogP contribution in [0.15, 0.2) is 36.4 Å². The third-order valence-corrected chi connectivity index (χ3v) is 3.16. The van der Waals surface area contributed by atoms with Gasteiger partial charge in [0.15, 0.2) is 0 Å². The van der Waals surface area contributed by atoms with Gasteiger partial charge in [0.2, 0.25) is 0 Å². The van der Waals surface area contributed by atoms with Crippen LogP contribution >= 0.6 is 0 Å². The molecule has 2 aromatic carbocycles. The highest BCUT2D eigenvalue weighted by Crippen LogP contribution is 2.25. The minimum atomic E-state index is -0.413. The van der Waals surface area contributed by atoms with Crippen molar-refractivity contribution < 1.29 is 4.39 Å². The van der Waals surface area contributed by atoms with Gasteiger partial charge in [-0.25, -0.2) is 4.39 Å². The fourth-order valence-corrected chi connectivity index (χ4v) is 2.28. The molecule has 1 unspecified atom stereocenters. The van der Waals surface area contributed by atoms with Crippen molar-refractivity contribution in [1.29, 1.82) is 0 Å². The van der Waals surface area contributed by atoms with Crippen molar-refractivity contribution in [2.24, 2.45) is 5.73 Å². The summed E-state index contributed by atoms with van der Waals surface area (Å²) in [5, 5.41) is 0. The lowest BCUT2D eigenvalue weighted by atomic mass is 9.95. The van der Waals surface area contributed by atoms with Crippen molar-refractivity contribution in [2.75, 3.05) is 0 Å². The summed E-state index contributed by atoms with van der Waals surface area (Å²) in [6, 6.07) is 11.1. The molecule has 0 bridgehead atoms. The Morgan fingerprint density at radius 2 is 1.61 bits per heavy atom. The maximum Gasteiger partial charge on any atom is 0.131 e. The predicted octanol–water partition coefficient (Wildman–Crippen LogP) is 3.80. The highest BCUT2D eigenvalue weighted by Gasteiger charge is 2.15. The minimum absolute atomic E-state index is 0.204. The van der Waals surface area contributed by atoms with E-state index in [9.17, 15) is 4.39 Å². The molecule has 0 aliphatic rings. The van der Waals surface area contributed by atoms with Crippen LogP contribution in [0.3, 0.4) is 0 Å². The summed E-state index contributed by atoms with van der Waals surface area (Å²) in [5.41, 5.74) is 10.6. The van der Waals surface area contributed by atoms with Gasteiger partial charge in [-0.2, -0.15) is 0 Å². The molecule has 0 spiro atoms. The zero-order valence-electron chi connectivity index (χ0n) is 11.0. The van der Waals surface area contributed by atoms with Gasteiger partial charge in [-0.1, -0.05) is 47.5 Å². The molecule has 2 N–H and O–H groups in total. The van der Waals surface area contributed by atoms with Crippen LogP contribution in [0.4, 0.5) is 4.39 Å². The van der Waals surface area contributed by atoms with E-state index in [1.54, 1.807) is 19.1 Å². The standard InChI is InChI=1S/C16H18FN/c1-10-7-11(2)9-13(8-10)16(18)14-6-4-5-12(3)15(14)17/h4-9,16H,18H2,1-3H3. The molecule has 0 aromatic heterocycles. The quantitative estimate of drug-likeness (QED) is 0.853. The first-order valence-corrected chi connectivity index (χ1v) is 6.08. The molecule has 2 heteroatoms. The summed E-state index contributed by atoms with van der Waals surface area (Å²) in [6.45, 7) is 5.80. The van der Waals surface area contributed by atoms with Gasteiger partial charge in [-0.15, -0.1) is 0 Å². The molecular weight excluding hydrogens is 225 g/mol. The van der Waals surface area contributed by atoms with Gasteiger partial charge in [0, 0.05) is 5.56 Å². The molecule has 0 fully saturated rings. The number of benzene rings is 2. The molecule has 0 aliphatic heterocycles. The molecule has 94 valence electrons. The second-order valence-electron chi connectivity index (χ2n) is 4.88.